The van der Waals surface area contributed by atoms with Gasteiger partial charge in [0.05, 0.1) is 0 Å². The Labute approximate surface area is 151 Å². The van der Waals surface area contributed by atoms with Crippen LogP contribution in [-0.4, -0.2) is 13.0 Å². The lowest BCUT2D eigenvalue weighted by Crippen LogP contribution is -2.26. The Morgan fingerprint density at radius 1 is 0.833 bits per heavy atom. The molecule has 0 N–H and O–H groups in total. The summed E-state index contributed by atoms with van der Waals surface area (Å²) in [6, 6.07) is 25.1. The predicted octanol–water partition coefficient (Wildman–Crippen LogP) is 5.77. The number of carbonyl (C=O) groups is 1. The Bertz CT molecular complexity index is 817. The van der Waals surface area contributed by atoms with Crippen molar-refractivity contribution in [3.05, 3.63) is 89.4 Å². The van der Waals surface area contributed by atoms with Crippen LogP contribution in [0.1, 0.15) is 10.4 Å². The third kappa shape index (κ3) is 3.99. The Balaban J connectivity index is 1.72. The van der Waals surface area contributed by atoms with E-state index in [-0.39, 0.29) is 5.91 Å². The molecule has 0 atom stereocenters. The number of rotatable bonds is 4. The number of hydrogen-bond acceptors (Lipinski definition) is 2. The van der Waals surface area contributed by atoms with Crippen LogP contribution in [0.2, 0.25) is 5.02 Å². The van der Waals surface area contributed by atoms with E-state index in [0.717, 1.165) is 10.6 Å². The van der Waals surface area contributed by atoms with Gasteiger partial charge >= 0.3 is 0 Å². The van der Waals surface area contributed by atoms with E-state index in [1.165, 1.54) is 4.90 Å². The van der Waals surface area contributed by atoms with Crippen molar-refractivity contribution in [2.45, 2.75) is 9.79 Å². The molecule has 0 unspecified atom stereocenters. The van der Waals surface area contributed by atoms with Crippen molar-refractivity contribution in [3.8, 4) is 0 Å². The van der Waals surface area contributed by atoms with Crippen molar-refractivity contribution in [3.63, 3.8) is 0 Å². The zero-order valence-corrected chi connectivity index (χ0v) is 14.7. The van der Waals surface area contributed by atoms with E-state index in [4.69, 9.17) is 11.6 Å². The Morgan fingerprint density at radius 3 is 2.04 bits per heavy atom. The molecule has 3 aromatic carbocycles. The van der Waals surface area contributed by atoms with Gasteiger partial charge in [-0.05, 0) is 60.7 Å². The molecule has 24 heavy (non-hydrogen) atoms. The van der Waals surface area contributed by atoms with E-state index >= 15 is 0 Å². The highest BCUT2D eigenvalue weighted by molar-refractivity contribution is 7.99. The number of benzene rings is 3. The molecule has 120 valence electrons. The molecule has 0 heterocycles. The van der Waals surface area contributed by atoms with E-state index in [2.05, 4.69) is 12.1 Å². The summed E-state index contributed by atoms with van der Waals surface area (Å²) in [7, 11) is 1.77. The quantitative estimate of drug-likeness (QED) is 0.593. The van der Waals surface area contributed by atoms with Crippen LogP contribution >= 0.6 is 23.4 Å². The highest BCUT2D eigenvalue weighted by Gasteiger charge is 2.13. The molecule has 0 saturated carbocycles. The smallest absolute Gasteiger partial charge is 0.258 e. The van der Waals surface area contributed by atoms with Gasteiger partial charge in [-0.1, -0.05) is 41.6 Å². The third-order valence-corrected chi connectivity index (χ3v) is 4.87. The summed E-state index contributed by atoms with van der Waals surface area (Å²) < 4.78 is 0. The highest BCUT2D eigenvalue weighted by atomic mass is 35.5. The standard InChI is InChI=1S/C20H16ClNOS/c1-22(20(23)15-7-9-16(21)10-8-15)17-11-13-19(14-12-17)24-18-5-3-2-4-6-18/h2-14H,1H3. The molecule has 0 aromatic heterocycles. The number of carbonyl (C=O) groups excluding carboxylic acids is 1. The van der Waals surface area contributed by atoms with Crippen LogP contribution in [0.15, 0.2) is 88.7 Å². The average molecular weight is 354 g/mol. The fourth-order valence-electron chi connectivity index (χ4n) is 2.27. The number of hydrogen-bond donors (Lipinski definition) is 0. The average Bonchev–Trinajstić information content (AvgIpc) is 2.63. The maximum Gasteiger partial charge on any atom is 0.258 e. The van der Waals surface area contributed by atoms with Crippen LogP contribution in [0.3, 0.4) is 0 Å². The van der Waals surface area contributed by atoms with Gasteiger partial charge in [0.1, 0.15) is 0 Å². The number of amides is 1. The van der Waals surface area contributed by atoms with Crippen LogP contribution in [0.4, 0.5) is 5.69 Å². The maximum absolute atomic E-state index is 12.5. The molecule has 0 spiro atoms. The van der Waals surface area contributed by atoms with Gasteiger partial charge in [-0.15, -0.1) is 0 Å². The van der Waals surface area contributed by atoms with Gasteiger partial charge in [0.2, 0.25) is 0 Å². The van der Waals surface area contributed by atoms with Crippen molar-refractivity contribution >= 4 is 35.0 Å². The summed E-state index contributed by atoms with van der Waals surface area (Å²) >= 11 is 7.57. The van der Waals surface area contributed by atoms with Crippen molar-refractivity contribution in [2.75, 3.05) is 11.9 Å². The van der Waals surface area contributed by atoms with Gasteiger partial charge in [0.15, 0.2) is 0 Å². The minimum absolute atomic E-state index is 0.0601. The van der Waals surface area contributed by atoms with Crippen LogP contribution in [0.5, 0.6) is 0 Å². The fourth-order valence-corrected chi connectivity index (χ4v) is 3.23. The largest absolute Gasteiger partial charge is 0.311 e. The summed E-state index contributed by atoms with van der Waals surface area (Å²) in [6.07, 6.45) is 0. The second kappa shape index (κ2) is 7.56. The first-order valence-electron chi connectivity index (χ1n) is 7.50. The first-order valence-corrected chi connectivity index (χ1v) is 8.69. The molecular formula is C20H16ClNOS. The van der Waals surface area contributed by atoms with Crippen LogP contribution in [-0.2, 0) is 0 Å². The number of nitrogens with zero attached hydrogens (tertiary/aromatic N) is 1. The third-order valence-electron chi connectivity index (χ3n) is 3.60. The molecule has 4 heteroatoms. The molecule has 0 saturated heterocycles. The molecule has 3 rings (SSSR count). The van der Waals surface area contributed by atoms with Crippen molar-refractivity contribution in [1.29, 1.82) is 0 Å². The maximum atomic E-state index is 12.5. The summed E-state index contributed by atoms with van der Waals surface area (Å²) in [5, 5.41) is 0.622. The topological polar surface area (TPSA) is 20.3 Å². The van der Waals surface area contributed by atoms with Crippen LogP contribution in [0, 0.1) is 0 Å². The van der Waals surface area contributed by atoms with Gasteiger partial charge in [-0.2, -0.15) is 0 Å². The van der Waals surface area contributed by atoms with Crippen molar-refractivity contribution in [1.82, 2.24) is 0 Å². The lowest BCUT2D eigenvalue weighted by Gasteiger charge is -2.18. The summed E-state index contributed by atoms with van der Waals surface area (Å²) in [5.41, 5.74) is 1.47. The summed E-state index contributed by atoms with van der Waals surface area (Å²) in [5.74, 6) is -0.0601. The van der Waals surface area contributed by atoms with Gasteiger partial charge in [-0.3, -0.25) is 4.79 Å². The van der Waals surface area contributed by atoms with Crippen molar-refractivity contribution in [2.24, 2.45) is 0 Å². The van der Waals surface area contributed by atoms with Gasteiger partial charge in [0, 0.05) is 33.1 Å². The first-order chi connectivity index (χ1) is 11.6. The van der Waals surface area contributed by atoms with Gasteiger partial charge in [0.25, 0.3) is 5.91 Å². The molecule has 0 fully saturated rings. The van der Waals surface area contributed by atoms with Gasteiger partial charge < -0.3 is 4.90 Å². The molecule has 1 amide bonds. The van der Waals surface area contributed by atoms with E-state index in [1.54, 1.807) is 48.0 Å². The lowest BCUT2D eigenvalue weighted by molar-refractivity contribution is 0.0993. The van der Waals surface area contributed by atoms with Crippen molar-refractivity contribution < 1.29 is 4.79 Å². The predicted molar refractivity (Wildman–Crippen MR) is 101 cm³/mol. The van der Waals surface area contributed by atoms with Gasteiger partial charge in [-0.25, -0.2) is 0 Å². The Kier molecular flexibility index (Phi) is 5.24. The van der Waals surface area contributed by atoms with E-state index < -0.39 is 0 Å². The van der Waals surface area contributed by atoms with Crippen LogP contribution < -0.4 is 4.90 Å². The number of anilines is 1. The Hall–Kier alpha value is -2.23. The minimum Gasteiger partial charge on any atom is -0.311 e. The van der Waals surface area contributed by atoms with E-state index in [0.29, 0.717) is 10.6 Å². The number of halogens is 1. The summed E-state index contributed by atoms with van der Waals surface area (Å²) in [4.78, 5) is 16.5. The molecule has 2 nitrogen and oxygen atoms in total. The zero-order chi connectivity index (χ0) is 16.9. The fraction of sp³-hybridized carbons (Fsp3) is 0.0500. The molecule has 0 aliphatic carbocycles. The molecule has 0 radical (unpaired) electrons. The SMILES string of the molecule is CN(C(=O)c1ccc(Cl)cc1)c1ccc(Sc2ccccc2)cc1. The zero-order valence-electron chi connectivity index (χ0n) is 13.1. The molecule has 0 aliphatic rings. The molecular weight excluding hydrogens is 338 g/mol. The Morgan fingerprint density at radius 2 is 1.42 bits per heavy atom. The van der Waals surface area contributed by atoms with E-state index in [1.807, 2.05) is 42.5 Å². The highest BCUT2D eigenvalue weighted by Crippen LogP contribution is 2.29. The molecule has 0 bridgehead atoms. The monoisotopic (exact) mass is 353 g/mol. The molecule has 0 aliphatic heterocycles. The summed E-state index contributed by atoms with van der Waals surface area (Å²) in [6.45, 7) is 0. The second-order valence-electron chi connectivity index (χ2n) is 5.28. The normalized spacial score (nSPS) is 10.4. The second-order valence-corrected chi connectivity index (χ2v) is 6.86. The van der Waals surface area contributed by atoms with Crippen LogP contribution in [0.25, 0.3) is 0 Å². The minimum atomic E-state index is -0.0601. The van der Waals surface area contributed by atoms with E-state index in [9.17, 15) is 4.79 Å². The first kappa shape index (κ1) is 16.6. The lowest BCUT2D eigenvalue weighted by atomic mass is 10.2. The molecule has 3 aromatic rings.